The van der Waals surface area contributed by atoms with E-state index in [2.05, 4.69) is 5.32 Å². The molecular formula is C17H25ClN2O3. The average Bonchev–Trinajstić information content (AvgIpc) is 2.59. The van der Waals surface area contributed by atoms with Gasteiger partial charge in [-0.2, -0.15) is 0 Å². The van der Waals surface area contributed by atoms with Gasteiger partial charge in [0, 0.05) is 48.2 Å². The van der Waals surface area contributed by atoms with Crippen molar-refractivity contribution in [2.45, 2.75) is 25.2 Å². The van der Waals surface area contributed by atoms with E-state index in [9.17, 15) is 4.79 Å². The molecular weight excluding hydrogens is 316 g/mol. The molecule has 0 saturated carbocycles. The highest BCUT2D eigenvalue weighted by Crippen LogP contribution is 2.40. The zero-order chi connectivity index (χ0) is 16.9. The minimum Gasteiger partial charge on any atom is -0.496 e. The molecule has 1 amide bonds. The van der Waals surface area contributed by atoms with Crippen molar-refractivity contribution in [3.05, 3.63) is 28.8 Å². The summed E-state index contributed by atoms with van der Waals surface area (Å²) in [6.45, 7) is 3.99. The van der Waals surface area contributed by atoms with Crippen LogP contribution in [-0.2, 0) is 14.9 Å². The van der Waals surface area contributed by atoms with Gasteiger partial charge in [-0.15, -0.1) is 0 Å². The number of nitrogens with one attached hydrogen (secondary N) is 1. The molecule has 23 heavy (non-hydrogen) atoms. The van der Waals surface area contributed by atoms with Crippen LogP contribution in [0.25, 0.3) is 0 Å². The first kappa shape index (κ1) is 18.0. The fourth-order valence-corrected chi connectivity index (χ4v) is 3.11. The van der Waals surface area contributed by atoms with Crippen LogP contribution in [0.15, 0.2) is 18.2 Å². The molecule has 1 aromatic carbocycles. The minimum absolute atomic E-state index is 0.0284. The number of carbonyl (C=O) groups excluding carboxylic acids is 1. The maximum absolute atomic E-state index is 12.1. The third kappa shape index (κ3) is 4.16. The molecule has 0 aliphatic carbocycles. The molecule has 6 heteroatoms. The smallest absolute Gasteiger partial charge is 0.224 e. The number of rotatable bonds is 6. The molecule has 1 unspecified atom stereocenters. The molecule has 1 atom stereocenters. The molecule has 3 N–H and O–H groups in total. The Bertz CT molecular complexity index is 545. The van der Waals surface area contributed by atoms with Gasteiger partial charge in [0.25, 0.3) is 0 Å². The van der Waals surface area contributed by atoms with E-state index >= 15 is 0 Å². The minimum atomic E-state index is -0.238. The van der Waals surface area contributed by atoms with Crippen molar-refractivity contribution >= 4 is 17.5 Å². The third-order valence-electron chi connectivity index (χ3n) is 4.58. The molecule has 5 nitrogen and oxygen atoms in total. The predicted octanol–water partition coefficient (Wildman–Crippen LogP) is 2.11. The Morgan fingerprint density at radius 1 is 1.48 bits per heavy atom. The first-order valence-corrected chi connectivity index (χ1v) is 8.30. The zero-order valence-corrected chi connectivity index (χ0v) is 14.5. The number of methoxy groups -OCH3 is 1. The maximum atomic E-state index is 12.1. The van der Waals surface area contributed by atoms with E-state index in [1.54, 1.807) is 7.11 Å². The van der Waals surface area contributed by atoms with Gasteiger partial charge in [0.1, 0.15) is 5.75 Å². The van der Waals surface area contributed by atoms with Crippen LogP contribution >= 0.6 is 11.6 Å². The van der Waals surface area contributed by atoms with Crippen LogP contribution in [0.1, 0.15) is 25.3 Å². The molecule has 1 heterocycles. The number of ether oxygens (including phenoxy) is 2. The maximum Gasteiger partial charge on any atom is 0.224 e. The van der Waals surface area contributed by atoms with Gasteiger partial charge in [0.05, 0.1) is 7.11 Å². The van der Waals surface area contributed by atoms with Gasteiger partial charge in [0.2, 0.25) is 5.91 Å². The van der Waals surface area contributed by atoms with E-state index in [-0.39, 0.29) is 17.2 Å². The lowest BCUT2D eigenvalue weighted by Crippen LogP contribution is -2.46. The standard InChI is InChI=1S/C17H25ClN2O3/c1-12(10-19)16(21)20-11-17(5-7-23-8-6-17)14-9-13(18)3-4-15(14)22-2/h3-4,9,12H,5-8,10-11,19H2,1-2H3,(H,20,21). The molecule has 0 aromatic heterocycles. The van der Waals surface area contributed by atoms with Crippen molar-refractivity contribution in [3.63, 3.8) is 0 Å². The zero-order valence-electron chi connectivity index (χ0n) is 13.7. The Morgan fingerprint density at radius 3 is 2.78 bits per heavy atom. The predicted molar refractivity (Wildman–Crippen MR) is 91.0 cm³/mol. The Kier molecular flexibility index (Phi) is 6.27. The SMILES string of the molecule is COc1ccc(Cl)cc1C1(CNC(=O)C(C)CN)CCOCC1. The first-order chi connectivity index (χ1) is 11.0. The monoisotopic (exact) mass is 340 g/mol. The number of hydrogen-bond acceptors (Lipinski definition) is 4. The Labute approximate surface area is 142 Å². The van der Waals surface area contributed by atoms with Gasteiger partial charge >= 0.3 is 0 Å². The summed E-state index contributed by atoms with van der Waals surface area (Å²) in [6.07, 6.45) is 1.61. The number of nitrogens with two attached hydrogens (primary N) is 1. The summed E-state index contributed by atoms with van der Waals surface area (Å²) in [5.41, 5.74) is 6.36. The Balaban J connectivity index is 2.29. The third-order valence-corrected chi connectivity index (χ3v) is 4.82. The van der Waals surface area contributed by atoms with Gasteiger partial charge in [-0.05, 0) is 31.0 Å². The number of hydrogen-bond donors (Lipinski definition) is 2. The Hall–Kier alpha value is -1.30. The lowest BCUT2D eigenvalue weighted by atomic mass is 9.73. The number of carbonyl (C=O) groups is 1. The van der Waals surface area contributed by atoms with Crippen LogP contribution in [0, 0.1) is 5.92 Å². The molecule has 0 radical (unpaired) electrons. The molecule has 1 aliphatic heterocycles. The van der Waals surface area contributed by atoms with Gasteiger partial charge in [-0.3, -0.25) is 4.79 Å². The van der Waals surface area contributed by atoms with Gasteiger partial charge in [-0.1, -0.05) is 18.5 Å². The van der Waals surface area contributed by atoms with Crippen molar-refractivity contribution in [3.8, 4) is 5.75 Å². The van der Waals surface area contributed by atoms with Gasteiger partial charge in [0.15, 0.2) is 0 Å². The highest BCUT2D eigenvalue weighted by atomic mass is 35.5. The van der Waals surface area contributed by atoms with Crippen molar-refractivity contribution in [2.75, 3.05) is 33.4 Å². The summed E-state index contributed by atoms with van der Waals surface area (Å²) >= 11 is 6.20. The van der Waals surface area contributed by atoms with Gasteiger partial charge in [-0.25, -0.2) is 0 Å². The normalized spacial score (nSPS) is 18.3. The average molecular weight is 341 g/mol. The topological polar surface area (TPSA) is 73.6 Å². The fraction of sp³-hybridized carbons (Fsp3) is 0.588. The van der Waals surface area contributed by atoms with E-state index in [4.69, 9.17) is 26.8 Å². The highest BCUT2D eigenvalue weighted by molar-refractivity contribution is 6.30. The van der Waals surface area contributed by atoms with Crippen molar-refractivity contribution in [1.29, 1.82) is 0 Å². The molecule has 0 bridgehead atoms. The van der Waals surface area contributed by atoms with Crippen LogP contribution < -0.4 is 15.8 Å². The summed E-state index contributed by atoms with van der Waals surface area (Å²) in [4.78, 5) is 12.1. The number of benzene rings is 1. The van der Waals surface area contributed by atoms with Crippen LogP contribution in [0.5, 0.6) is 5.75 Å². The van der Waals surface area contributed by atoms with E-state index in [0.29, 0.717) is 31.3 Å². The Morgan fingerprint density at radius 2 is 2.17 bits per heavy atom. The summed E-state index contributed by atoms with van der Waals surface area (Å²) in [7, 11) is 1.65. The van der Waals surface area contributed by atoms with Crippen LogP contribution in [0.3, 0.4) is 0 Å². The largest absolute Gasteiger partial charge is 0.496 e. The fourth-order valence-electron chi connectivity index (χ4n) is 2.94. The van der Waals surface area contributed by atoms with Crippen LogP contribution in [0.4, 0.5) is 0 Å². The number of halogens is 1. The molecule has 128 valence electrons. The second-order valence-corrected chi connectivity index (χ2v) is 6.53. The second-order valence-electron chi connectivity index (χ2n) is 6.09. The van der Waals surface area contributed by atoms with E-state index in [1.165, 1.54) is 0 Å². The van der Waals surface area contributed by atoms with E-state index in [0.717, 1.165) is 24.2 Å². The van der Waals surface area contributed by atoms with Crippen molar-refractivity contribution in [1.82, 2.24) is 5.32 Å². The molecule has 2 rings (SSSR count). The molecule has 0 spiro atoms. The summed E-state index contributed by atoms with van der Waals surface area (Å²) in [6, 6.07) is 5.62. The molecule has 1 saturated heterocycles. The highest BCUT2D eigenvalue weighted by Gasteiger charge is 2.37. The lowest BCUT2D eigenvalue weighted by molar-refractivity contribution is -0.124. The molecule has 1 aromatic rings. The van der Waals surface area contributed by atoms with E-state index in [1.807, 2.05) is 25.1 Å². The molecule has 1 fully saturated rings. The molecule has 1 aliphatic rings. The second kappa shape index (κ2) is 7.99. The summed E-state index contributed by atoms with van der Waals surface area (Å²) < 4.78 is 11.0. The summed E-state index contributed by atoms with van der Waals surface area (Å²) in [5.74, 6) is 0.560. The van der Waals surface area contributed by atoms with Gasteiger partial charge < -0.3 is 20.5 Å². The van der Waals surface area contributed by atoms with Crippen LogP contribution in [-0.4, -0.2) is 39.3 Å². The van der Waals surface area contributed by atoms with Crippen molar-refractivity contribution < 1.29 is 14.3 Å². The number of amides is 1. The first-order valence-electron chi connectivity index (χ1n) is 7.92. The lowest BCUT2D eigenvalue weighted by Gasteiger charge is -2.39. The van der Waals surface area contributed by atoms with Crippen molar-refractivity contribution in [2.24, 2.45) is 11.7 Å². The van der Waals surface area contributed by atoms with Crippen LogP contribution in [0.2, 0.25) is 5.02 Å². The van der Waals surface area contributed by atoms with E-state index < -0.39 is 0 Å². The quantitative estimate of drug-likeness (QED) is 0.831. The summed E-state index contributed by atoms with van der Waals surface area (Å²) in [5, 5.41) is 3.70.